The smallest absolute Gasteiger partial charge is 0.321 e. The highest BCUT2D eigenvalue weighted by molar-refractivity contribution is 6.30. The molecule has 0 saturated carbocycles. The van der Waals surface area contributed by atoms with E-state index >= 15 is 0 Å². The minimum absolute atomic E-state index is 0.0451. The van der Waals surface area contributed by atoms with Gasteiger partial charge in [0.1, 0.15) is 5.75 Å². The van der Waals surface area contributed by atoms with Crippen molar-refractivity contribution in [3.8, 4) is 5.75 Å². The summed E-state index contributed by atoms with van der Waals surface area (Å²) in [5.74, 6) is 1.57. The molecule has 1 fully saturated rings. The Labute approximate surface area is 310 Å². The first-order valence-corrected chi connectivity index (χ1v) is 18.0. The number of ether oxygens (including phenoxy) is 1. The zero-order valence-electron chi connectivity index (χ0n) is 29.8. The highest BCUT2D eigenvalue weighted by atomic mass is 35.5. The Balaban J connectivity index is 1.06. The lowest BCUT2D eigenvalue weighted by Gasteiger charge is -2.32. The average molecular weight is 726 g/mol. The van der Waals surface area contributed by atoms with E-state index in [0.717, 1.165) is 70.7 Å². The van der Waals surface area contributed by atoms with Crippen molar-refractivity contribution in [3.05, 3.63) is 112 Å². The number of carbonyl (C=O) groups is 2. The number of aliphatic imine (C=N–C) groups is 2. The van der Waals surface area contributed by atoms with Gasteiger partial charge in [-0.05, 0) is 90.5 Å². The number of benzene rings is 4. The van der Waals surface area contributed by atoms with Gasteiger partial charge in [0.25, 0.3) is 0 Å². The van der Waals surface area contributed by atoms with E-state index in [2.05, 4.69) is 47.5 Å². The second kappa shape index (κ2) is 19.3. The molecule has 0 aliphatic carbocycles. The maximum absolute atomic E-state index is 12.7. The van der Waals surface area contributed by atoms with E-state index in [1.807, 2.05) is 85.8 Å². The van der Waals surface area contributed by atoms with Crippen LogP contribution in [0.4, 0.5) is 9.59 Å². The number of halogens is 1. The Kier molecular flexibility index (Phi) is 14.1. The van der Waals surface area contributed by atoms with Crippen molar-refractivity contribution in [1.29, 1.82) is 0 Å². The fourth-order valence-corrected chi connectivity index (χ4v) is 6.33. The van der Waals surface area contributed by atoms with Crippen molar-refractivity contribution in [3.63, 3.8) is 0 Å². The minimum Gasteiger partial charge on any atom is -0.494 e. The van der Waals surface area contributed by atoms with Crippen molar-refractivity contribution >= 4 is 46.4 Å². The zero-order valence-corrected chi connectivity index (χ0v) is 30.5. The molecule has 274 valence electrons. The summed E-state index contributed by atoms with van der Waals surface area (Å²) in [7, 11) is 1.61. The number of hydrogen-bond acceptors (Lipinski definition) is 6. The van der Waals surface area contributed by atoms with E-state index in [4.69, 9.17) is 22.1 Å². The fourth-order valence-electron chi connectivity index (χ4n) is 6.12. The molecule has 4 amide bonds. The predicted octanol–water partition coefficient (Wildman–Crippen LogP) is 5.49. The van der Waals surface area contributed by atoms with Crippen LogP contribution in [0.1, 0.15) is 42.0 Å². The third-order valence-electron chi connectivity index (χ3n) is 8.88. The summed E-state index contributed by atoms with van der Waals surface area (Å²) in [5, 5.41) is 17.2. The Morgan fingerprint density at radius 1 is 0.865 bits per heavy atom. The van der Waals surface area contributed by atoms with E-state index in [0.29, 0.717) is 38.1 Å². The highest BCUT2D eigenvalue weighted by Gasteiger charge is 2.20. The Hall–Kier alpha value is -5.33. The predicted molar refractivity (Wildman–Crippen MR) is 208 cm³/mol. The van der Waals surface area contributed by atoms with Crippen LogP contribution in [0.25, 0.3) is 10.8 Å². The van der Waals surface area contributed by atoms with Gasteiger partial charge in [0.15, 0.2) is 11.9 Å². The van der Waals surface area contributed by atoms with Crippen LogP contribution in [0, 0.1) is 5.92 Å². The van der Waals surface area contributed by atoms with Gasteiger partial charge in [0.05, 0.1) is 13.2 Å². The quantitative estimate of drug-likeness (QED) is 0.0838. The van der Waals surface area contributed by atoms with Gasteiger partial charge in [-0.1, -0.05) is 72.3 Å². The number of urea groups is 2. The molecule has 1 saturated heterocycles. The summed E-state index contributed by atoms with van der Waals surface area (Å²) >= 11 is 6.13. The number of piperidine rings is 1. The van der Waals surface area contributed by atoms with Crippen LogP contribution < -0.4 is 37.1 Å². The molecular formula is C39H48ClN9O3. The third-order valence-corrected chi connectivity index (χ3v) is 9.11. The molecule has 4 aromatic carbocycles. The number of amides is 4. The van der Waals surface area contributed by atoms with E-state index in [9.17, 15) is 9.59 Å². The normalized spacial score (nSPS) is 14.1. The number of nitrogens with two attached hydrogens (primary N) is 1. The van der Waals surface area contributed by atoms with Crippen molar-refractivity contribution in [2.45, 2.75) is 45.9 Å². The number of guanidine groups is 2. The van der Waals surface area contributed by atoms with Crippen LogP contribution in [0.5, 0.6) is 5.75 Å². The summed E-state index contributed by atoms with van der Waals surface area (Å²) in [5.41, 5.74) is 10.1. The van der Waals surface area contributed by atoms with Gasteiger partial charge in [-0.3, -0.25) is 20.5 Å². The summed E-state index contributed by atoms with van der Waals surface area (Å²) in [4.78, 5) is 36.3. The summed E-state index contributed by atoms with van der Waals surface area (Å²) in [6.45, 7) is 6.91. The second-order valence-electron chi connectivity index (χ2n) is 12.6. The second-order valence-corrected chi connectivity index (χ2v) is 13.1. The maximum atomic E-state index is 12.7. The molecule has 0 atom stereocenters. The minimum atomic E-state index is -0.388. The number of fused-ring (bicyclic) bond motifs is 1. The SMILES string of the molecule is CCOc1ccccc1CNC(=NC)NC(=O)NCc1ccc2cccc(CN=C(N)NC(=O)NCC3CCN(Cc4cccc(Cl)c4)CC3)c2c1. The molecule has 0 spiro atoms. The van der Waals surface area contributed by atoms with Gasteiger partial charge in [-0.2, -0.15) is 0 Å². The third kappa shape index (κ3) is 11.6. The topological polar surface area (TPSA) is 158 Å². The largest absolute Gasteiger partial charge is 0.494 e. The molecular weight excluding hydrogens is 678 g/mol. The van der Waals surface area contributed by atoms with E-state index in [1.165, 1.54) is 5.56 Å². The highest BCUT2D eigenvalue weighted by Crippen LogP contribution is 2.22. The molecule has 4 aromatic rings. The van der Waals surface area contributed by atoms with Crippen molar-refractivity contribution in [2.75, 3.05) is 33.3 Å². The van der Waals surface area contributed by atoms with Crippen LogP contribution >= 0.6 is 11.6 Å². The first-order chi connectivity index (χ1) is 25.3. The van der Waals surface area contributed by atoms with Crippen LogP contribution in [-0.4, -0.2) is 62.2 Å². The lowest BCUT2D eigenvalue weighted by Crippen LogP contribution is -2.46. The van der Waals surface area contributed by atoms with Gasteiger partial charge in [-0.15, -0.1) is 0 Å². The van der Waals surface area contributed by atoms with Crippen LogP contribution in [0.15, 0.2) is 94.9 Å². The molecule has 0 aromatic heterocycles. The molecule has 1 heterocycles. The van der Waals surface area contributed by atoms with Crippen molar-refractivity contribution in [1.82, 2.24) is 31.5 Å². The van der Waals surface area contributed by atoms with Crippen molar-refractivity contribution < 1.29 is 14.3 Å². The monoisotopic (exact) mass is 725 g/mol. The van der Waals surface area contributed by atoms with Crippen LogP contribution in [-0.2, 0) is 26.2 Å². The number of nitrogens with one attached hydrogen (secondary N) is 5. The van der Waals surface area contributed by atoms with Gasteiger partial charge in [0.2, 0.25) is 0 Å². The molecule has 0 unspecified atom stereocenters. The molecule has 13 heteroatoms. The Bertz CT molecular complexity index is 1880. The number of para-hydroxylation sites is 1. The average Bonchev–Trinajstić information content (AvgIpc) is 3.15. The van der Waals surface area contributed by atoms with Gasteiger partial charge >= 0.3 is 12.1 Å². The lowest BCUT2D eigenvalue weighted by atomic mass is 9.96. The maximum Gasteiger partial charge on any atom is 0.321 e. The first kappa shape index (κ1) is 37.9. The van der Waals surface area contributed by atoms with Gasteiger partial charge in [-0.25, -0.2) is 14.6 Å². The molecule has 0 radical (unpaired) electrons. The molecule has 52 heavy (non-hydrogen) atoms. The van der Waals surface area contributed by atoms with Crippen molar-refractivity contribution in [2.24, 2.45) is 21.6 Å². The fraction of sp³-hybridized carbons (Fsp3) is 0.333. The zero-order chi connectivity index (χ0) is 36.7. The number of hydrogen-bond donors (Lipinski definition) is 6. The summed E-state index contributed by atoms with van der Waals surface area (Å²) in [6.07, 6.45) is 2.01. The standard InChI is InChI=1S/C39H48ClN9O3/c1-3-52-35-13-5-4-9-32(35)25-44-37(42-2)48-39(51)46-23-28-14-15-30-10-7-11-31(34(30)21-28)24-43-36(41)47-38(50)45-22-27-16-18-49(19-17-27)26-29-8-6-12-33(40)20-29/h4-15,20-21,27H,3,16-19,22-26H2,1-2H3,(H4,41,43,45,47,50)(H3,42,44,46,48,51). The summed E-state index contributed by atoms with van der Waals surface area (Å²) in [6, 6.07) is 26.9. The molecule has 12 nitrogen and oxygen atoms in total. The number of likely N-dealkylation sites (tertiary alicyclic amines) is 1. The van der Waals surface area contributed by atoms with Crippen LogP contribution in [0.3, 0.4) is 0 Å². The summed E-state index contributed by atoms with van der Waals surface area (Å²) < 4.78 is 5.68. The lowest BCUT2D eigenvalue weighted by molar-refractivity contribution is 0.175. The number of carbonyl (C=O) groups excluding carboxylic acids is 2. The number of nitrogens with zero attached hydrogens (tertiary/aromatic N) is 3. The Morgan fingerprint density at radius 3 is 2.42 bits per heavy atom. The van der Waals surface area contributed by atoms with E-state index < -0.39 is 0 Å². The van der Waals surface area contributed by atoms with Gasteiger partial charge < -0.3 is 26.4 Å². The van der Waals surface area contributed by atoms with E-state index in [-0.39, 0.29) is 24.6 Å². The molecule has 1 aliphatic rings. The van der Waals surface area contributed by atoms with Crippen LogP contribution in [0.2, 0.25) is 5.02 Å². The molecule has 1 aliphatic heterocycles. The number of rotatable bonds is 12. The molecule has 0 bridgehead atoms. The Morgan fingerprint density at radius 2 is 1.63 bits per heavy atom. The molecule has 7 N–H and O–H groups in total. The first-order valence-electron chi connectivity index (χ1n) is 17.6. The van der Waals surface area contributed by atoms with Gasteiger partial charge in [0, 0.05) is 43.8 Å². The molecule has 5 rings (SSSR count). The van der Waals surface area contributed by atoms with E-state index in [1.54, 1.807) is 7.05 Å².